The van der Waals surface area contributed by atoms with Crippen molar-refractivity contribution in [1.29, 1.82) is 0 Å². The molecule has 0 radical (unpaired) electrons. The highest BCUT2D eigenvalue weighted by Gasteiger charge is 2.20. The maximum Gasteiger partial charge on any atom is 0.290 e. The number of carbonyl (C=O) groups excluding carboxylic acids is 1. The van der Waals surface area contributed by atoms with Crippen molar-refractivity contribution in [2.75, 3.05) is 12.3 Å². The molecule has 6 nitrogen and oxygen atoms in total. The van der Waals surface area contributed by atoms with Gasteiger partial charge in [0.05, 0.1) is 0 Å². The van der Waals surface area contributed by atoms with E-state index >= 15 is 0 Å². The first kappa shape index (κ1) is 21.4. The van der Waals surface area contributed by atoms with Crippen LogP contribution in [0.4, 0.5) is 10.1 Å². The van der Waals surface area contributed by atoms with Crippen LogP contribution < -0.4 is 11.1 Å². The average molecular weight is 404 g/mol. The second-order valence-electron chi connectivity index (χ2n) is 6.56. The SMILES string of the molecule is CC(C)c1nc(C(=O)NCCc2ccc(N)cc2)nn1-c1ccccc1F.Cl. The van der Waals surface area contributed by atoms with E-state index in [1.165, 1.54) is 10.7 Å². The first-order valence-corrected chi connectivity index (χ1v) is 8.80. The lowest BCUT2D eigenvalue weighted by atomic mass is 10.1. The molecule has 0 spiro atoms. The molecular formula is C20H23ClFN5O. The molecule has 8 heteroatoms. The van der Waals surface area contributed by atoms with Crippen LogP contribution in [0.3, 0.4) is 0 Å². The molecule has 0 aliphatic rings. The van der Waals surface area contributed by atoms with Crippen LogP contribution in [-0.2, 0) is 6.42 Å². The fraction of sp³-hybridized carbons (Fsp3) is 0.250. The number of hydrogen-bond acceptors (Lipinski definition) is 4. The zero-order chi connectivity index (χ0) is 19.4. The highest BCUT2D eigenvalue weighted by molar-refractivity contribution is 5.90. The Hall–Kier alpha value is -2.93. The van der Waals surface area contributed by atoms with Crippen LogP contribution in [-0.4, -0.2) is 27.2 Å². The zero-order valence-electron chi connectivity index (χ0n) is 15.7. The van der Waals surface area contributed by atoms with E-state index in [-0.39, 0.29) is 35.7 Å². The Bertz CT molecular complexity index is 940. The standard InChI is InChI=1S/C20H22FN5O.ClH/c1-13(2)19-24-18(25-26(19)17-6-4-3-5-16(17)21)20(27)23-12-11-14-7-9-15(22)10-8-14;/h3-10,13H,11-12,22H2,1-2H3,(H,23,27);1H. The largest absolute Gasteiger partial charge is 0.399 e. The van der Waals surface area contributed by atoms with Crippen molar-refractivity contribution < 1.29 is 9.18 Å². The highest BCUT2D eigenvalue weighted by atomic mass is 35.5. The maximum atomic E-state index is 14.1. The van der Waals surface area contributed by atoms with Gasteiger partial charge in [0.15, 0.2) is 0 Å². The summed E-state index contributed by atoms with van der Waals surface area (Å²) in [5.41, 5.74) is 7.70. The van der Waals surface area contributed by atoms with Crippen LogP contribution in [0.25, 0.3) is 5.69 Å². The molecular weight excluding hydrogens is 381 g/mol. The van der Waals surface area contributed by atoms with Crippen LogP contribution >= 0.6 is 12.4 Å². The van der Waals surface area contributed by atoms with Crippen molar-refractivity contribution in [3.05, 3.63) is 71.6 Å². The lowest BCUT2D eigenvalue weighted by molar-refractivity contribution is 0.0943. The molecule has 0 fully saturated rings. The first-order chi connectivity index (χ1) is 13.0. The van der Waals surface area contributed by atoms with Crippen LogP contribution in [0.2, 0.25) is 0 Å². The van der Waals surface area contributed by atoms with Crippen LogP contribution in [0.1, 0.15) is 41.8 Å². The minimum Gasteiger partial charge on any atom is -0.399 e. The maximum absolute atomic E-state index is 14.1. The molecule has 0 atom stereocenters. The summed E-state index contributed by atoms with van der Waals surface area (Å²) >= 11 is 0. The Balaban J connectivity index is 0.00000280. The van der Waals surface area contributed by atoms with Gasteiger partial charge in [0, 0.05) is 18.2 Å². The molecule has 0 bridgehead atoms. The molecule has 1 amide bonds. The number of carbonyl (C=O) groups is 1. The van der Waals surface area contributed by atoms with E-state index < -0.39 is 5.82 Å². The Labute approximate surface area is 169 Å². The second-order valence-corrected chi connectivity index (χ2v) is 6.56. The van der Waals surface area contributed by atoms with Gasteiger partial charge in [-0.25, -0.2) is 14.1 Å². The van der Waals surface area contributed by atoms with E-state index in [9.17, 15) is 9.18 Å². The first-order valence-electron chi connectivity index (χ1n) is 8.80. The minimum atomic E-state index is -0.417. The number of amides is 1. The van der Waals surface area contributed by atoms with Crippen molar-refractivity contribution in [3.63, 3.8) is 0 Å². The lowest BCUT2D eigenvalue weighted by Crippen LogP contribution is -2.27. The second kappa shape index (κ2) is 9.32. The number of nitrogen functional groups attached to an aromatic ring is 1. The molecule has 1 aromatic heterocycles. The fourth-order valence-corrected chi connectivity index (χ4v) is 2.68. The molecule has 3 rings (SSSR count). The number of para-hydroxylation sites is 1. The van der Waals surface area contributed by atoms with Gasteiger partial charge in [0.25, 0.3) is 5.91 Å². The van der Waals surface area contributed by atoms with Crippen molar-refractivity contribution in [3.8, 4) is 5.69 Å². The highest BCUT2D eigenvalue weighted by Crippen LogP contribution is 2.19. The van der Waals surface area contributed by atoms with E-state index in [1.54, 1.807) is 18.2 Å². The van der Waals surface area contributed by atoms with E-state index in [1.807, 2.05) is 38.1 Å². The van der Waals surface area contributed by atoms with Gasteiger partial charge in [0.1, 0.15) is 17.3 Å². The number of nitrogens with zero attached hydrogens (tertiary/aromatic N) is 3. The van der Waals surface area contributed by atoms with Crippen LogP contribution in [0.15, 0.2) is 48.5 Å². The molecule has 0 aliphatic carbocycles. The predicted octanol–water partition coefficient (Wildman–Crippen LogP) is 3.51. The summed E-state index contributed by atoms with van der Waals surface area (Å²) in [7, 11) is 0. The fourth-order valence-electron chi connectivity index (χ4n) is 2.68. The normalized spacial score (nSPS) is 10.6. The zero-order valence-corrected chi connectivity index (χ0v) is 16.5. The average Bonchev–Trinajstić information content (AvgIpc) is 3.09. The van der Waals surface area contributed by atoms with E-state index in [4.69, 9.17) is 5.73 Å². The van der Waals surface area contributed by atoms with Gasteiger partial charge in [0.2, 0.25) is 5.82 Å². The molecule has 0 saturated carbocycles. The number of anilines is 1. The minimum absolute atomic E-state index is 0. The molecule has 3 aromatic rings. The van der Waals surface area contributed by atoms with Crippen molar-refractivity contribution in [2.45, 2.75) is 26.2 Å². The van der Waals surface area contributed by atoms with Gasteiger partial charge in [-0.2, -0.15) is 0 Å². The number of benzene rings is 2. The topological polar surface area (TPSA) is 85.8 Å². The van der Waals surface area contributed by atoms with Crippen molar-refractivity contribution >= 4 is 24.0 Å². The van der Waals surface area contributed by atoms with Crippen molar-refractivity contribution in [2.24, 2.45) is 0 Å². The number of halogens is 2. The molecule has 148 valence electrons. The van der Waals surface area contributed by atoms with E-state index in [2.05, 4.69) is 15.4 Å². The van der Waals surface area contributed by atoms with Crippen LogP contribution in [0.5, 0.6) is 0 Å². The van der Waals surface area contributed by atoms with Gasteiger partial charge in [-0.05, 0) is 36.2 Å². The van der Waals surface area contributed by atoms with E-state index in [0.717, 1.165) is 5.56 Å². The number of aromatic nitrogens is 3. The lowest BCUT2D eigenvalue weighted by Gasteiger charge is -2.08. The van der Waals surface area contributed by atoms with E-state index in [0.29, 0.717) is 24.5 Å². The van der Waals surface area contributed by atoms with Gasteiger partial charge >= 0.3 is 0 Å². The molecule has 0 unspecified atom stereocenters. The molecule has 28 heavy (non-hydrogen) atoms. The quantitative estimate of drug-likeness (QED) is 0.617. The molecule has 1 heterocycles. The molecule has 0 saturated heterocycles. The summed E-state index contributed by atoms with van der Waals surface area (Å²) in [6.07, 6.45) is 0.664. The Morgan fingerprint density at radius 1 is 1.18 bits per heavy atom. The third-order valence-corrected chi connectivity index (χ3v) is 4.11. The smallest absolute Gasteiger partial charge is 0.290 e. The van der Waals surface area contributed by atoms with Gasteiger partial charge < -0.3 is 11.1 Å². The summed E-state index contributed by atoms with van der Waals surface area (Å²) in [6.45, 7) is 4.28. The monoisotopic (exact) mass is 403 g/mol. The Morgan fingerprint density at radius 3 is 2.50 bits per heavy atom. The molecule has 0 aliphatic heterocycles. The third-order valence-electron chi connectivity index (χ3n) is 4.11. The van der Waals surface area contributed by atoms with Crippen molar-refractivity contribution in [1.82, 2.24) is 20.1 Å². The van der Waals surface area contributed by atoms with Gasteiger partial charge in [-0.1, -0.05) is 38.1 Å². The van der Waals surface area contributed by atoms with Gasteiger partial charge in [-0.3, -0.25) is 4.79 Å². The predicted molar refractivity (Wildman–Crippen MR) is 110 cm³/mol. The Morgan fingerprint density at radius 2 is 1.86 bits per heavy atom. The number of nitrogens with one attached hydrogen (secondary N) is 1. The molecule has 2 aromatic carbocycles. The van der Waals surface area contributed by atoms with Crippen LogP contribution in [0, 0.1) is 5.82 Å². The Kier molecular flexibility index (Phi) is 7.12. The summed E-state index contributed by atoms with van der Waals surface area (Å²) < 4.78 is 15.5. The summed E-state index contributed by atoms with van der Waals surface area (Å²) in [5.74, 6) is -0.265. The number of hydrogen-bond donors (Lipinski definition) is 2. The van der Waals surface area contributed by atoms with Gasteiger partial charge in [-0.15, -0.1) is 17.5 Å². The molecule has 3 N–H and O–H groups in total. The number of nitrogens with two attached hydrogens (primary N) is 1. The summed E-state index contributed by atoms with van der Waals surface area (Å²) in [4.78, 5) is 16.8. The summed E-state index contributed by atoms with van der Waals surface area (Å²) in [5, 5.41) is 7.04. The summed E-state index contributed by atoms with van der Waals surface area (Å²) in [6, 6.07) is 13.8. The third kappa shape index (κ3) is 4.86. The number of rotatable bonds is 6.